The third-order valence-electron chi connectivity index (χ3n) is 4.35. The SMILES string of the molecule is CC(=O)c1c[nH]c(C(=O)NCC(C)N2CCc3sccc3C2)c1. The number of hydrogen-bond donors (Lipinski definition) is 2. The van der Waals surface area contributed by atoms with Crippen LogP contribution in [0.15, 0.2) is 23.7 Å². The highest BCUT2D eigenvalue weighted by Crippen LogP contribution is 2.24. The number of nitrogens with one attached hydrogen (secondary N) is 2. The first-order valence-electron chi connectivity index (χ1n) is 7.81. The van der Waals surface area contributed by atoms with Gasteiger partial charge >= 0.3 is 0 Å². The topological polar surface area (TPSA) is 65.2 Å². The molecule has 0 radical (unpaired) electrons. The monoisotopic (exact) mass is 331 g/mol. The summed E-state index contributed by atoms with van der Waals surface area (Å²) >= 11 is 1.83. The fourth-order valence-electron chi connectivity index (χ4n) is 2.84. The van der Waals surface area contributed by atoms with Crippen molar-refractivity contribution in [1.29, 1.82) is 0 Å². The number of carbonyl (C=O) groups excluding carboxylic acids is 2. The summed E-state index contributed by atoms with van der Waals surface area (Å²) in [6.07, 6.45) is 2.66. The number of Topliss-reactive ketones (excluding diaryl/α,β-unsaturated/α-hetero) is 1. The summed E-state index contributed by atoms with van der Waals surface area (Å²) in [6, 6.07) is 4.06. The number of nitrogens with zero attached hydrogens (tertiary/aromatic N) is 1. The first kappa shape index (κ1) is 16.0. The van der Waals surface area contributed by atoms with Gasteiger partial charge < -0.3 is 10.3 Å². The van der Waals surface area contributed by atoms with Crippen molar-refractivity contribution in [3.05, 3.63) is 45.4 Å². The average Bonchev–Trinajstić information content (AvgIpc) is 3.20. The van der Waals surface area contributed by atoms with Gasteiger partial charge in [0.1, 0.15) is 5.69 Å². The summed E-state index contributed by atoms with van der Waals surface area (Å²) in [5, 5.41) is 5.10. The molecule has 5 nitrogen and oxygen atoms in total. The van der Waals surface area contributed by atoms with E-state index in [0.717, 1.165) is 19.5 Å². The van der Waals surface area contributed by atoms with Crippen LogP contribution >= 0.6 is 11.3 Å². The van der Waals surface area contributed by atoms with Crippen LogP contribution in [0.3, 0.4) is 0 Å². The highest BCUT2D eigenvalue weighted by atomic mass is 32.1. The molecule has 3 heterocycles. The van der Waals surface area contributed by atoms with Gasteiger partial charge in [0.05, 0.1) is 0 Å². The van der Waals surface area contributed by atoms with E-state index >= 15 is 0 Å². The van der Waals surface area contributed by atoms with Crippen LogP contribution in [-0.2, 0) is 13.0 Å². The van der Waals surface area contributed by atoms with E-state index in [0.29, 0.717) is 17.8 Å². The third-order valence-corrected chi connectivity index (χ3v) is 5.38. The van der Waals surface area contributed by atoms with Gasteiger partial charge in [0.15, 0.2) is 5.78 Å². The molecule has 0 bridgehead atoms. The Morgan fingerprint density at radius 3 is 3.04 bits per heavy atom. The average molecular weight is 331 g/mol. The minimum absolute atomic E-state index is 0.0476. The van der Waals surface area contributed by atoms with Crippen molar-refractivity contribution in [1.82, 2.24) is 15.2 Å². The Morgan fingerprint density at radius 2 is 2.30 bits per heavy atom. The summed E-state index contributed by atoms with van der Waals surface area (Å²) < 4.78 is 0. The molecule has 2 aromatic heterocycles. The predicted octanol–water partition coefficient (Wildman–Crippen LogP) is 2.46. The van der Waals surface area contributed by atoms with Crippen molar-refractivity contribution in [3.63, 3.8) is 0 Å². The molecular formula is C17H21N3O2S. The van der Waals surface area contributed by atoms with Gasteiger partial charge in [-0.15, -0.1) is 11.3 Å². The van der Waals surface area contributed by atoms with Crippen molar-refractivity contribution < 1.29 is 9.59 Å². The highest BCUT2D eigenvalue weighted by Gasteiger charge is 2.22. The summed E-state index contributed by atoms with van der Waals surface area (Å²) in [6.45, 7) is 6.19. The van der Waals surface area contributed by atoms with Crippen LogP contribution in [0.2, 0.25) is 0 Å². The van der Waals surface area contributed by atoms with Gasteiger partial charge in [-0.25, -0.2) is 0 Å². The lowest BCUT2D eigenvalue weighted by molar-refractivity contribution is 0.0928. The number of amides is 1. The Labute approximate surface area is 139 Å². The number of hydrogen-bond acceptors (Lipinski definition) is 4. The Kier molecular flexibility index (Phi) is 4.63. The summed E-state index contributed by atoms with van der Waals surface area (Å²) in [5.41, 5.74) is 2.38. The van der Waals surface area contributed by atoms with Crippen molar-refractivity contribution >= 4 is 23.0 Å². The Bertz CT molecular complexity index is 719. The molecule has 1 amide bonds. The Balaban J connectivity index is 1.53. The number of aromatic nitrogens is 1. The van der Waals surface area contributed by atoms with Crippen molar-refractivity contribution in [3.8, 4) is 0 Å². The summed E-state index contributed by atoms with van der Waals surface area (Å²) in [5.74, 6) is -0.217. The van der Waals surface area contributed by atoms with E-state index in [9.17, 15) is 9.59 Å². The van der Waals surface area contributed by atoms with Crippen molar-refractivity contribution in [2.45, 2.75) is 32.9 Å². The number of rotatable bonds is 5. The second-order valence-electron chi connectivity index (χ2n) is 6.01. The fourth-order valence-corrected chi connectivity index (χ4v) is 3.73. The van der Waals surface area contributed by atoms with Crippen LogP contribution in [0.1, 0.15) is 45.1 Å². The fraction of sp³-hybridized carbons (Fsp3) is 0.412. The smallest absolute Gasteiger partial charge is 0.267 e. The van der Waals surface area contributed by atoms with Crippen LogP contribution in [0.4, 0.5) is 0 Å². The second kappa shape index (κ2) is 6.68. The summed E-state index contributed by atoms with van der Waals surface area (Å²) in [7, 11) is 0. The molecule has 2 N–H and O–H groups in total. The standard InChI is InChI=1S/C17H21N3O2S/c1-11(20-5-3-16-13(10-20)4-6-23-16)8-19-17(22)15-7-14(9-18-15)12(2)21/h4,6-7,9,11,18H,3,5,8,10H2,1-2H3,(H,19,22). The molecule has 0 aromatic carbocycles. The van der Waals surface area contributed by atoms with Gasteiger partial charge in [0, 0.05) is 42.3 Å². The first-order chi connectivity index (χ1) is 11.0. The number of ketones is 1. The maximum absolute atomic E-state index is 12.2. The number of thiophene rings is 1. The second-order valence-corrected chi connectivity index (χ2v) is 7.01. The highest BCUT2D eigenvalue weighted by molar-refractivity contribution is 7.10. The molecule has 23 heavy (non-hydrogen) atoms. The van der Waals surface area contributed by atoms with Crippen molar-refractivity contribution in [2.24, 2.45) is 0 Å². The lowest BCUT2D eigenvalue weighted by Gasteiger charge is -2.32. The number of aromatic amines is 1. The molecule has 122 valence electrons. The molecule has 0 saturated heterocycles. The number of fused-ring (bicyclic) bond motifs is 1. The van der Waals surface area contributed by atoms with Crippen LogP contribution in [0, 0.1) is 0 Å². The van der Waals surface area contributed by atoms with E-state index < -0.39 is 0 Å². The Morgan fingerprint density at radius 1 is 1.48 bits per heavy atom. The zero-order valence-electron chi connectivity index (χ0n) is 13.4. The van der Waals surface area contributed by atoms with E-state index in [1.54, 1.807) is 12.3 Å². The maximum Gasteiger partial charge on any atom is 0.267 e. The molecule has 0 spiro atoms. The van der Waals surface area contributed by atoms with E-state index in [1.807, 2.05) is 11.3 Å². The Hall–Kier alpha value is -1.92. The molecule has 1 atom stereocenters. The zero-order valence-corrected chi connectivity index (χ0v) is 14.2. The van der Waals surface area contributed by atoms with Gasteiger partial charge in [0.2, 0.25) is 0 Å². The van der Waals surface area contributed by atoms with Crippen LogP contribution < -0.4 is 5.32 Å². The quantitative estimate of drug-likeness (QED) is 0.827. The van der Waals surface area contributed by atoms with Gasteiger partial charge in [-0.1, -0.05) is 0 Å². The lowest BCUT2D eigenvalue weighted by Crippen LogP contribution is -2.44. The van der Waals surface area contributed by atoms with E-state index in [4.69, 9.17) is 0 Å². The molecule has 3 rings (SSSR count). The number of H-pyrrole nitrogens is 1. The minimum atomic E-state index is -0.169. The van der Waals surface area contributed by atoms with Crippen LogP contribution in [0.25, 0.3) is 0 Å². The van der Waals surface area contributed by atoms with E-state index in [-0.39, 0.29) is 17.7 Å². The third kappa shape index (κ3) is 3.54. The molecule has 2 aromatic rings. The maximum atomic E-state index is 12.2. The summed E-state index contributed by atoms with van der Waals surface area (Å²) in [4.78, 5) is 30.2. The molecule has 0 fully saturated rings. The van der Waals surface area contributed by atoms with Gasteiger partial charge in [-0.2, -0.15) is 0 Å². The molecule has 0 saturated carbocycles. The largest absolute Gasteiger partial charge is 0.356 e. The molecular weight excluding hydrogens is 310 g/mol. The molecule has 6 heteroatoms. The van der Waals surface area contributed by atoms with Gasteiger partial charge in [0.25, 0.3) is 5.91 Å². The van der Waals surface area contributed by atoms with E-state index in [1.165, 1.54) is 17.4 Å². The van der Waals surface area contributed by atoms with Gasteiger partial charge in [-0.05, 0) is 43.3 Å². The molecule has 1 unspecified atom stereocenters. The predicted molar refractivity (Wildman–Crippen MR) is 91.0 cm³/mol. The van der Waals surface area contributed by atoms with Crippen LogP contribution in [0.5, 0.6) is 0 Å². The van der Waals surface area contributed by atoms with Crippen LogP contribution in [-0.4, -0.2) is 40.7 Å². The zero-order chi connectivity index (χ0) is 16.4. The number of carbonyl (C=O) groups is 2. The molecule has 1 aliphatic heterocycles. The molecule has 1 aliphatic rings. The van der Waals surface area contributed by atoms with Crippen molar-refractivity contribution in [2.75, 3.05) is 13.1 Å². The van der Waals surface area contributed by atoms with Gasteiger partial charge in [-0.3, -0.25) is 14.5 Å². The molecule has 0 aliphatic carbocycles. The normalized spacial score (nSPS) is 15.9. The minimum Gasteiger partial charge on any atom is -0.356 e. The first-order valence-corrected chi connectivity index (χ1v) is 8.69. The lowest BCUT2D eigenvalue weighted by atomic mass is 10.1. The van der Waals surface area contributed by atoms with E-state index in [2.05, 4.69) is 33.6 Å².